The first-order valence-corrected chi connectivity index (χ1v) is 8.91. The van der Waals surface area contributed by atoms with Gasteiger partial charge in [0.05, 0.1) is 5.88 Å². The van der Waals surface area contributed by atoms with Crippen molar-refractivity contribution in [2.24, 2.45) is 5.92 Å². The average Bonchev–Trinajstić information content (AvgIpc) is 2.97. The molecule has 23 heavy (non-hydrogen) atoms. The molecule has 2 rings (SSSR count). The van der Waals surface area contributed by atoms with Crippen LogP contribution in [0.5, 0.6) is 0 Å². The Hall–Kier alpha value is -1.50. The van der Waals surface area contributed by atoms with Gasteiger partial charge in [0.1, 0.15) is 17.4 Å². The van der Waals surface area contributed by atoms with E-state index in [0.29, 0.717) is 31.6 Å². The first-order chi connectivity index (χ1) is 10.8. The number of hydrogen-bond acceptors (Lipinski definition) is 5. The molecule has 1 aliphatic carbocycles. The maximum absolute atomic E-state index is 12.7. The summed E-state index contributed by atoms with van der Waals surface area (Å²) in [5, 5.41) is 4.58. The fourth-order valence-electron chi connectivity index (χ4n) is 2.71. The molecule has 0 saturated heterocycles. The van der Waals surface area contributed by atoms with Crippen molar-refractivity contribution in [3.8, 4) is 0 Å². The van der Waals surface area contributed by atoms with Crippen molar-refractivity contribution in [1.82, 2.24) is 10.2 Å². The second kappa shape index (κ2) is 7.38. The molecule has 1 aliphatic heterocycles. The molecule has 7 heteroatoms. The van der Waals surface area contributed by atoms with Gasteiger partial charge >= 0.3 is 6.09 Å². The average molecular weight is 340 g/mol. The van der Waals surface area contributed by atoms with Gasteiger partial charge < -0.3 is 15.0 Å². The summed E-state index contributed by atoms with van der Waals surface area (Å²) >= 11 is 1.53. The molecule has 1 N–H and O–H groups in total. The molecule has 2 amide bonds. The molecule has 6 nitrogen and oxygen atoms in total. The lowest BCUT2D eigenvalue weighted by Crippen LogP contribution is -2.52. The van der Waals surface area contributed by atoms with Gasteiger partial charge in [0.15, 0.2) is 0 Å². The van der Waals surface area contributed by atoms with E-state index < -0.39 is 17.7 Å². The summed E-state index contributed by atoms with van der Waals surface area (Å²) in [5.74, 6) is 0.598. The molecule has 0 radical (unpaired) electrons. The first kappa shape index (κ1) is 17.8. The number of Topliss-reactive ketones (excluding diaryl/α,β-unsaturated/α-hetero) is 1. The van der Waals surface area contributed by atoms with Crippen LogP contribution in [0.3, 0.4) is 0 Å². The van der Waals surface area contributed by atoms with E-state index in [4.69, 9.17) is 4.74 Å². The zero-order chi connectivity index (χ0) is 17.0. The van der Waals surface area contributed by atoms with E-state index in [0.717, 1.165) is 0 Å². The van der Waals surface area contributed by atoms with Crippen molar-refractivity contribution >= 4 is 29.5 Å². The van der Waals surface area contributed by atoms with Crippen molar-refractivity contribution < 1.29 is 19.1 Å². The van der Waals surface area contributed by atoms with Crippen LogP contribution in [0.15, 0.2) is 11.6 Å². The van der Waals surface area contributed by atoms with Gasteiger partial charge in [-0.3, -0.25) is 9.59 Å². The highest BCUT2D eigenvalue weighted by Gasteiger charge is 2.36. The Morgan fingerprint density at radius 1 is 1.35 bits per heavy atom. The second-order valence-corrected chi connectivity index (χ2v) is 7.75. The molecular weight excluding hydrogens is 316 g/mol. The molecule has 1 fully saturated rings. The zero-order valence-corrected chi connectivity index (χ0v) is 14.6. The minimum absolute atomic E-state index is 0.0354. The molecule has 1 heterocycles. The van der Waals surface area contributed by atoms with Gasteiger partial charge in [0, 0.05) is 19.0 Å². The number of ketones is 1. The van der Waals surface area contributed by atoms with Crippen LogP contribution in [-0.4, -0.2) is 40.2 Å². The van der Waals surface area contributed by atoms with Gasteiger partial charge in [-0.15, -0.1) is 11.8 Å². The summed E-state index contributed by atoms with van der Waals surface area (Å²) < 4.78 is 5.28. The number of alkyl carbamates (subject to hydrolysis) is 1. The van der Waals surface area contributed by atoms with Crippen LogP contribution < -0.4 is 5.32 Å². The van der Waals surface area contributed by atoms with Gasteiger partial charge in [0.25, 0.3) is 0 Å². The van der Waals surface area contributed by atoms with Crippen LogP contribution in [0.4, 0.5) is 4.79 Å². The lowest BCUT2D eigenvalue weighted by Gasteiger charge is -2.32. The highest BCUT2D eigenvalue weighted by atomic mass is 32.2. The maximum atomic E-state index is 12.7. The number of ether oxygens (including phenoxy) is 1. The first-order valence-electron chi connectivity index (χ1n) is 7.86. The van der Waals surface area contributed by atoms with E-state index in [-0.39, 0.29) is 17.6 Å². The molecule has 128 valence electrons. The van der Waals surface area contributed by atoms with Crippen molar-refractivity contribution in [2.45, 2.75) is 58.1 Å². The zero-order valence-electron chi connectivity index (χ0n) is 13.8. The largest absolute Gasteiger partial charge is 0.444 e. The summed E-state index contributed by atoms with van der Waals surface area (Å²) in [7, 11) is 0. The predicted octanol–water partition coefficient (Wildman–Crippen LogP) is 2.64. The Morgan fingerprint density at radius 2 is 2.00 bits per heavy atom. The predicted molar refractivity (Wildman–Crippen MR) is 88.6 cm³/mol. The minimum Gasteiger partial charge on any atom is -0.444 e. The highest BCUT2D eigenvalue weighted by Crippen LogP contribution is 2.27. The Labute approximate surface area is 141 Å². The van der Waals surface area contributed by atoms with E-state index in [1.165, 1.54) is 11.8 Å². The van der Waals surface area contributed by atoms with Crippen LogP contribution in [0.25, 0.3) is 0 Å². The van der Waals surface area contributed by atoms with Crippen molar-refractivity contribution in [1.29, 1.82) is 0 Å². The molecule has 0 spiro atoms. The second-order valence-electron chi connectivity index (χ2n) is 6.89. The van der Waals surface area contributed by atoms with Crippen LogP contribution in [-0.2, 0) is 14.3 Å². The Kier molecular flexibility index (Phi) is 5.73. The van der Waals surface area contributed by atoms with Gasteiger partial charge in [-0.2, -0.15) is 0 Å². The number of hydrogen-bond donors (Lipinski definition) is 1. The monoisotopic (exact) mass is 340 g/mol. The maximum Gasteiger partial charge on any atom is 0.408 e. The third-order valence-corrected chi connectivity index (χ3v) is 4.57. The number of carbonyl (C=O) groups is 3. The van der Waals surface area contributed by atoms with Gasteiger partial charge in [0.2, 0.25) is 5.91 Å². The summed E-state index contributed by atoms with van der Waals surface area (Å²) in [5.41, 5.74) is -0.621. The third kappa shape index (κ3) is 5.27. The number of nitrogens with zero attached hydrogens (tertiary/aromatic N) is 1. The molecule has 0 aromatic heterocycles. The van der Waals surface area contributed by atoms with E-state index in [9.17, 15) is 14.4 Å². The summed E-state index contributed by atoms with van der Waals surface area (Å²) in [6.07, 6.45) is 3.31. The minimum atomic E-state index is -0.652. The number of carbonyl (C=O) groups excluding carboxylic acids is 3. The SMILES string of the molecule is CC(C)(C)OC(=O)N[C@H](C(=O)N1C=CSC1)C1CCC(=O)CC1. The van der Waals surface area contributed by atoms with Crippen molar-refractivity contribution in [3.63, 3.8) is 0 Å². The molecular formula is C16H24N2O4S. The summed E-state index contributed by atoms with van der Waals surface area (Å²) in [4.78, 5) is 37.9. The fourth-order valence-corrected chi connectivity index (χ4v) is 3.40. The topological polar surface area (TPSA) is 75.7 Å². The van der Waals surface area contributed by atoms with Crippen LogP contribution >= 0.6 is 11.8 Å². The van der Waals surface area contributed by atoms with Crippen molar-refractivity contribution in [2.75, 3.05) is 5.88 Å². The third-order valence-electron chi connectivity index (χ3n) is 3.83. The molecule has 1 saturated carbocycles. The fraction of sp³-hybridized carbons (Fsp3) is 0.688. The number of amides is 2. The molecule has 2 aliphatic rings. The van der Waals surface area contributed by atoms with E-state index in [2.05, 4.69) is 5.32 Å². The molecule has 0 aromatic carbocycles. The lowest BCUT2D eigenvalue weighted by atomic mass is 9.83. The Bertz CT molecular complexity index is 503. The number of thioether (sulfide) groups is 1. The van der Waals surface area contributed by atoms with E-state index in [1.54, 1.807) is 31.9 Å². The quantitative estimate of drug-likeness (QED) is 0.855. The normalized spacial score (nSPS) is 20.5. The Balaban J connectivity index is 2.07. The summed E-state index contributed by atoms with van der Waals surface area (Å²) in [6.45, 7) is 5.34. The highest BCUT2D eigenvalue weighted by molar-refractivity contribution is 8.02. The molecule has 1 atom stereocenters. The lowest BCUT2D eigenvalue weighted by molar-refractivity contribution is -0.133. The number of nitrogens with one attached hydrogen (secondary N) is 1. The summed E-state index contributed by atoms with van der Waals surface area (Å²) in [6, 6.07) is -0.652. The van der Waals surface area contributed by atoms with E-state index in [1.807, 2.05) is 5.41 Å². The standard InChI is InChI=1S/C16H24N2O4S/c1-16(2,3)22-15(21)17-13(11-4-6-12(19)7-5-11)14(20)18-8-9-23-10-18/h8-9,11,13H,4-7,10H2,1-3H3,(H,17,21)/t13-/m0/s1. The van der Waals surface area contributed by atoms with Gasteiger partial charge in [-0.05, 0) is 44.9 Å². The molecule has 0 bridgehead atoms. The van der Waals surface area contributed by atoms with Crippen LogP contribution in [0.1, 0.15) is 46.5 Å². The van der Waals surface area contributed by atoms with Gasteiger partial charge in [-0.1, -0.05) is 0 Å². The number of rotatable bonds is 3. The van der Waals surface area contributed by atoms with Crippen molar-refractivity contribution in [3.05, 3.63) is 11.6 Å². The van der Waals surface area contributed by atoms with Crippen LogP contribution in [0.2, 0.25) is 0 Å². The molecule has 0 unspecified atom stereocenters. The smallest absolute Gasteiger partial charge is 0.408 e. The van der Waals surface area contributed by atoms with Crippen LogP contribution in [0, 0.1) is 5.92 Å². The Morgan fingerprint density at radius 3 is 2.52 bits per heavy atom. The molecule has 0 aromatic rings. The van der Waals surface area contributed by atoms with E-state index >= 15 is 0 Å². The van der Waals surface area contributed by atoms with Gasteiger partial charge in [-0.25, -0.2) is 4.79 Å².